The van der Waals surface area contributed by atoms with E-state index < -0.39 is 20.7 Å². The summed E-state index contributed by atoms with van der Waals surface area (Å²) in [5.41, 5.74) is 2.14. The van der Waals surface area contributed by atoms with Crippen LogP contribution in [0.15, 0.2) is 65.8 Å². The van der Waals surface area contributed by atoms with Gasteiger partial charge in [-0.15, -0.1) is 10.2 Å². The molecule has 4 aromatic rings. The lowest BCUT2D eigenvalue weighted by Crippen LogP contribution is -2.14. The first-order chi connectivity index (χ1) is 13.5. The van der Waals surface area contributed by atoms with E-state index in [0.29, 0.717) is 16.9 Å². The van der Waals surface area contributed by atoms with E-state index in [1.54, 1.807) is 36.4 Å². The highest BCUT2D eigenvalue weighted by Crippen LogP contribution is 2.25. The average molecular weight is 399 g/mol. The summed E-state index contributed by atoms with van der Waals surface area (Å²) in [6.07, 6.45) is 1.47. The molecular formula is C18H14FN5O3S. The molecule has 0 bridgehead atoms. The van der Waals surface area contributed by atoms with E-state index in [0.717, 1.165) is 12.1 Å². The van der Waals surface area contributed by atoms with Crippen molar-refractivity contribution in [1.82, 2.24) is 19.8 Å². The molecule has 2 aromatic carbocycles. The Morgan fingerprint density at radius 2 is 1.96 bits per heavy atom. The van der Waals surface area contributed by atoms with Crippen LogP contribution in [0.4, 0.5) is 10.1 Å². The molecule has 2 heterocycles. The third-order valence-corrected chi connectivity index (χ3v) is 5.42. The van der Waals surface area contributed by atoms with Crippen molar-refractivity contribution in [2.45, 2.75) is 4.90 Å². The van der Waals surface area contributed by atoms with Gasteiger partial charge in [-0.1, -0.05) is 12.1 Å². The van der Waals surface area contributed by atoms with Crippen molar-refractivity contribution in [1.29, 1.82) is 0 Å². The van der Waals surface area contributed by atoms with Gasteiger partial charge in [0.25, 0.3) is 10.0 Å². The molecule has 0 saturated heterocycles. The summed E-state index contributed by atoms with van der Waals surface area (Å²) < 4.78 is 48.1. The third kappa shape index (κ3) is 3.37. The Bertz CT molecular complexity index is 1270. The van der Waals surface area contributed by atoms with Crippen LogP contribution in [0.3, 0.4) is 0 Å². The van der Waals surface area contributed by atoms with Crippen molar-refractivity contribution >= 4 is 21.4 Å². The molecule has 10 heteroatoms. The lowest BCUT2D eigenvalue weighted by Gasteiger charge is -2.11. The van der Waals surface area contributed by atoms with E-state index in [1.165, 1.54) is 24.0 Å². The average Bonchev–Trinajstić information content (AvgIpc) is 3.15. The summed E-state index contributed by atoms with van der Waals surface area (Å²) in [6.45, 7) is 0. The molecule has 1 N–H and O–H groups in total. The number of hydrogen-bond donors (Lipinski definition) is 1. The predicted molar refractivity (Wildman–Crippen MR) is 100.0 cm³/mol. The summed E-state index contributed by atoms with van der Waals surface area (Å²) >= 11 is 0. The Labute approximate surface area is 159 Å². The Morgan fingerprint density at radius 1 is 1.11 bits per heavy atom. The quantitative estimate of drug-likeness (QED) is 0.554. The SMILES string of the molecule is COc1ccc(S(=O)(=O)Nc2cccc(-c3ccc4nncn4n3)c2)c(F)c1. The van der Waals surface area contributed by atoms with E-state index in [2.05, 4.69) is 20.0 Å². The zero-order valence-corrected chi connectivity index (χ0v) is 15.4. The fraction of sp³-hybridized carbons (Fsp3) is 0.0556. The molecule has 28 heavy (non-hydrogen) atoms. The maximum absolute atomic E-state index is 14.2. The number of ether oxygens (including phenoxy) is 1. The molecule has 0 aliphatic heterocycles. The second kappa shape index (κ2) is 6.89. The van der Waals surface area contributed by atoms with Gasteiger partial charge < -0.3 is 4.74 Å². The number of methoxy groups -OCH3 is 1. The molecule has 0 saturated carbocycles. The first-order valence-corrected chi connectivity index (χ1v) is 9.58. The second-order valence-corrected chi connectivity index (χ2v) is 7.49. The van der Waals surface area contributed by atoms with Gasteiger partial charge in [-0.25, -0.2) is 12.8 Å². The van der Waals surface area contributed by atoms with Crippen LogP contribution in [0.2, 0.25) is 0 Å². The Morgan fingerprint density at radius 3 is 2.75 bits per heavy atom. The minimum atomic E-state index is -4.12. The van der Waals surface area contributed by atoms with Crippen molar-refractivity contribution in [2.75, 3.05) is 11.8 Å². The van der Waals surface area contributed by atoms with Gasteiger partial charge in [0.2, 0.25) is 0 Å². The molecule has 0 fully saturated rings. The van der Waals surface area contributed by atoms with Crippen LogP contribution < -0.4 is 9.46 Å². The van der Waals surface area contributed by atoms with Crippen LogP contribution in [-0.2, 0) is 10.0 Å². The largest absolute Gasteiger partial charge is 0.497 e. The second-order valence-electron chi connectivity index (χ2n) is 5.83. The number of sulfonamides is 1. The Kier molecular flexibility index (Phi) is 4.40. The number of nitrogens with one attached hydrogen (secondary N) is 1. The van der Waals surface area contributed by atoms with Crippen molar-refractivity contribution in [2.24, 2.45) is 0 Å². The van der Waals surface area contributed by atoms with E-state index in [-0.39, 0.29) is 11.4 Å². The summed E-state index contributed by atoms with van der Waals surface area (Å²) in [4.78, 5) is -0.470. The highest BCUT2D eigenvalue weighted by molar-refractivity contribution is 7.92. The van der Waals surface area contributed by atoms with Crippen molar-refractivity contribution < 1.29 is 17.5 Å². The number of anilines is 1. The molecule has 0 spiro atoms. The van der Waals surface area contributed by atoms with Crippen LogP contribution in [0.5, 0.6) is 5.75 Å². The number of rotatable bonds is 5. The minimum absolute atomic E-state index is 0.230. The first kappa shape index (κ1) is 17.9. The van der Waals surface area contributed by atoms with Crippen LogP contribution >= 0.6 is 0 Å². The summed E-state index contributed by atoms with van der Waals surface area (Å²) in [7, 11) is -2.75. The number of aromatic nitrogens is 4. The molecule has 0 aliphatic rings. The summed E-state index contributed by atoms with van der Waals surface area (Å²) in [5.74, 6) is -0.670. The molecule has 8 nitrogen and oxygen atoms in total. The van der Waals surface area contributed by atoms with Crippen molar-refractivity contribution in [3.8, 4) is 17.0 Å². The van der Waals surface area contributed by atoms with Gasteiger partial charge in [0, 0.05) is 17.3 Å². The van der Waals surface area contributed by atoms with Gasteiger partial charge in [0.1, 0.15) is 22.8 Å². The fourth-order valence-electron chi connectivity index (χ4n) is 2.66. The highest BCUT2D eigenvalue weighted by atomic mass is 32.2. The van der Waals surface area contributed by atoms with Gasteiger partial charge in [0.15, 0.2) is 5.65 Å². The van der Waals surface area contributed by atoms with Crippen LogP contribution in [0.1, 0.15) is 0 Å². The van der Waals surface area contributed by atoms with Crippen LogP contribution in [0.25, 0.3) is 16.9 Å². The molecule has 142 valence electrons. The van der Waals surface area contributed by atoms with E-state index in [1.807, 2.05) is 0 Å². The molecule has 2 aromatic heterocycles. The highest BCUT2D eigenvalue weighted by Gasteiger charge is 2.20. The normalized spacial score (nSPS) is 11.5. The van der Waals surface area contributed by atoms with Gasteiger partial charge in [-0.2, -0.15) is 9.61 Å². The van der Waals surface area contributed by atoms with Crippen molar-refractivity contribution in [3.05, 3.63) is 66.7 Å². The number of hydrogen-bond acceptors (Lipinski definition) is 6. The zero-order chi connectivity index (χ0) is 19.7. The number of nitrogens with zero attached hydrogens (tertiary/aromatic N) is 4. The molecule has 0 unspecified atom stereocenters. The maximum Gasteiger partial charge on any atom is 0.264 e. The first-order valence-electron chi connectivity index (χ1n) is 8.10. The number of halogens is 1. The van der Waals surface area contributed by atoms with Gasteiger partial charge in [-0.05, 0) is 36.4 Å². The lowest BCUT2D eigenvalue weighted by atomic mass is 10.1. The summed E-state index contributed by atoms with van der Waals surface area (Å²) in [5, 5.41) is 12.0. The maximum atomic E-state index is 14.2. The Hall–Kier alpha value is -3.53. The molecule has 0 amide bonds. The smallest absolute Gasteiger partial charge is 0.264 e. The van der Waals surface area contributed by atoms with Gasteiger partial charge in [0.05, 0.1) is 12.8 Å². The van der Waals surface area contributed by atoms with E-state index in [9.17, 15) is 12.8 Å². The molecular weight excluding hydrogens is 385 g/mol. The van der Waals surface area contributed by atoms with E-state index in [4.69, 9.17) is 4.74 Å². The molecule has 0 atom stereocenters. The monoisotopic (exact) mass is 399 g/mol. The van der Waals surface area contributed by atoms with Crippen LogP contribution in [-0.4, -0.2) is 35.3 Å². The summed E-state index contributed by atoms with van der Waals surface area (Å²) in [6, 6.07) is 13.7. The van der Waals surface area contributed by atoms with Crippen LogP contribution in [0, 0.1) is 5.82 Å². The third-order valence-electron chi connectivity index (χ3n) is 4.00. The van der Waals surface area contributed by atoms with E-state index >= 15 is 0 Å². The standard InChI is InChI=1S/C18H14FN5O3S/c1-27-14-5-7-17(15(19)10-14)28(25,26)23-13-4-2-3-12(9-13)16-6-8-18-21-20-11-24(18)22-16/h2-11,23H,1H3. The van der Waals surface area contributed by atoms with Gasteiger partial charge >= 0.3 is 0 Å². The number of benzene rings is 2. The minimum Gasteiger partial charge on any atom is -0.497 e. The predicted octanol–water partition coefficient (Wildman–Crippen LogP) is 2.74. The van der Waals surface area contributed by atoms with Gasteiger partial charge in [-0.3, -0.25) is 4.72 Å². The fourth-order valence-corrected chi connectivity index (χ4v) is 3.77. The number of fused-ring (bicyclic) bond motifs is 1. The molecule has 0 aliphatic carbocycles. The topological polar surface area (TPSA) is 98.5 Å². The Balaban J connectivity index is 1.66. The van der Waals surface area contributed by atoms with Crippen molar-refractivity contribution in [3.63, 3.8) is 0 Å². The molecule has 4 rings (SSSR count). The lowest BCUT2D eigenvalue weighted by molar-refractivity contribution is 0.410. The molecule has 0 radical (unpaired) electrons. The zero-order valence-electron chi connectivity index (χ0n) is 14.6.